The summed E-state index contributed by atoms with van der Waals surface area (Å²) < 4.78 is 0. The number of nitrogens with zero attached hydrogens (tertiary/aromatic N) is 1. The summed E-state index contributed by atoms with van der Waals surface area (Å²) in [6.45, 7) is 6.93. The molecule has 2 aromatic rings. The van der Waals surface area contributed by atoms with Gasteiger partial charge in [-0.3, -0.25) is 0 Å². The first-order chi connectivity index (χ1) is 9.00. The summed E-state index contributed by atoms with van der Waals surface area (Å²) in [7, 11) is 4.23. The van der Waals surface area contributed by atoms with E-state index >= 15 is 0 Å². The molecule has 0 aromatic heterocycles. The molecule has 97 valence electrons. The second-order valence-corrected chi connectivity index (χ2v) is 6.34. The van der Waals surface area contributed by atoms with Crippen molar-refractivity contribution in [1.29, 1.82) is 0 Å². The van der Waals surface area contributed by atoms with Crippen LogP contribution in [0.25, 0.3) is 0 Å². The maximum absolute atomic E-state index is 4.23. The van der Waals surface area contributed by atoms with Crippen molar-refractivity contribution in [2.75, 3.05) is 4.90 Å². The molecule has 3 rings (SSSR count). The molecule has 1 nitrogen and oxygen atoms in total. The van der Waals surface area contributed by atoms with E-state index < -0.39 is 0 Å². The van der Waals surface area contributed by atoms with Crippen molar-refractivity contribution in [2.45, 2.75) is 26.7 Å². The van der Waals surface area contributed by atoms with E-state index in [0.29, 0.717) is 5.92 Å². The maximum atomic E-state index is 4.23. The summed E-state index contributed by atoms with van der Waals surface area (Å²) in [4.78, 5) is 2.06. The minimum Gasteiger partial charge on any atom is -0.339 e. The Morgan fingerprint density at radius 1 is 0.842 bits per heavy atom. The highest BCUT2D eigenvalue weighted by atomic mass is 15.1. The van der Waals surface area contributed by atoms with Crippen LogP contribution < -0.4 is 4.90 Å². The van der Waals surface area contributed by atoms with Crippen LogP contribution in [0.3, 0.4) is 0 Å². The zero-order valence-corrected chi connectivity index (χ0v) is 11.9. The molecule has 0 N–H and O–H groups in total. The molecule has 0 atom stereocenters. The SMILES string of the molecule is [CH2]N1c2ccccc2C(C(C)(C)C)c2ccccc21. The number of hydrogen-bond donors (Lipinski definition) is 0. The van der Waals surface area contributed by atoms with E-state index in [2.05, 4.69) is 81.2 Å². The fraction of sp³-hybridized carbons (Fsp3) is 0.278. The third-order valence-electron chi connectivity index (χ3n) is 3.94. The van der Waals surface area contributed by atoms with Gasteiger partial charge in [-0.1, -0.05) is 57.2 Å². The molecular weight excluding hydrogens is 230 g/mol. The van der Waals surface area contributed by atoms with E-state index in [9.17, 15) is 0 Å². The molecule has 1 aliphatic rings. The third-order valence-corrected chi connectivity index (χ3v) is 3.94. The molecule has 19 heavy (non-hydrogen) atoms. The van der Waals surface area contributed by atoms with Crippen LogP contribution >= 0.6 is 0 Å². The van der Waals surface area contributed by atoms with Crippen molar-refractivity contribution in [3.8, 4) is 0 Å². The van der Waals surface area contributed by atoms with Gasteiger partial charge in [0.05, 0.1) is 0 Å². The van der Waals surface area contributed by atoms with Crippen molar-refractivity contribution < 1.29 is 0 Å². The van der Waals surface area contributed by atoms with Crippen LogP contribution in [0, 0.1) is 12.5 Å². The second-order valence-electron chi connectivity index (χ2n) is 6.34. The molecule has 0 unspecified atom stereocenters. The Bertz CT molecular complexity index is 560. The lowest BCUT2D eigenvalue weighted by Crippen LogP contribution is -2.27. The zero-order chi connectivity index (χ0) is 13.6. The molecule has 1 aliphatic heterocycles. The quantitative estimate of drug-likeness (QED) is 0.628. The van der Waals surface area contributed by atoms with E-state index in [0.717, 1.165) is 0 Å². The summed E-state index contributed by atoms with van der Waals surface area (Å²) >= 11 is 0. The van der Waals surface area contributed by atoms with E-state index in [-0.39, 0.29) is 5.41 Å². The number of rotatable bonds is 0. The molecule has 0 aliphatic carbocycles. The van der Waals surface area contributed by atoms with Gasteiger partial charge in [-0.2, -0.15) is 0 Å². The second kappa shape index (κ2) is 4.12. The molecule has 0 saturated carbocycles. The van der Waals surface area contributed by atoms with Crippen LogP contribution in [0.1, 0.15) is 37.8 Å². The lowest BCUT2D eigenvalue weighted by atomic mass is 9.70. The Labute approximate surface area is 115 Å². The van der Waals surface area contributed by atoms with Gasteiger partial charge in [0.1, 0.15) is 0 Å². The first-order valence-electron chi connectivity index (χ1n) is 6.78. The van der Waals surface area contributed by atoms with Crippen LogP contribution in [0.15, 0.2) is 48.5 Å². The normalized spacial score (nSPS) is 15.1. The predicted molar refractivity (Wildman–Crippen MR) is 81.7 cm³/mol. The van der Waals surface area contributed by atoms with E-state index in [4.69, 9.17) is 0 Å². The van der Waals surface area contributed by atoms with Crippen molar-refractivity contribution in [3.05, 3.63) is 66.7 Å². The highest BCUT2D eigenvalue weighted by Crippen LogP contribution is 2.51. The molecule has 0 fully saturated rings. The lowest BCUT2D eigenvalue weighted by molar-refractivity contribution is 0.357. The topological polar surface area (TPSA) is 3.24 Å². The van der Waals surface area contributed by atoms with E-state index in [1.807, 2.05) is 0 Å². The Kier molecular flexibility index (Phi) is 2.67. The summed E-state index contributed by atoms with van der Waals surface area (Å²) in [6.07, 6.45) is 0. The summed E-state index contributed by atoms with van der Waals surface area (Å²) in [5.74, 6) is 0.415. The highest BCUT2D eigenvalue weighted by molar-refractivity contribution is 5.76. The summed E-state index contributed by atoms with van der Waals surface area (Å²) in [5.41, 5.74) is 5.39. The standard InChI is InChI=1S/C18H20N/c1-18(2,3)17-13-9-5-7-11-15(13)19(4)16-12-8-6-10-14(16)17/h5-12,17H,4H2,1-3H3. The minimum absolute atomic E-state index is 0.188. The van der Waals surface area contributed by atoms with Crippen LogP contribution in [-0.2, 0) is 0 Å². The fourth-order valence-electron chi connectivity index (χ4n) is 3.19. The van der Waals surface area contributed by atoms with Crippen molar-refractivity contribution >= 4 is 11.4 Å². The number of para-hydroxylation sites is 2. The van der Waals surface area contributed by atoms with Gasteiger partial charge < -0.3 is 4.90 Å². The molecule has 1 radical (unpaired) electrons. The van der Waals surface area contributed by atoms with Gasteiger partial charge in [0, 0.05) is 24.3 Å². The van der Waals surface area contributed by atoms with Crippen LogP contribution in [0.5, 0.6) is 0 Å². The third kappa shape index (κ3) is 1.85. The van der Waals surface area contributed by atoms with Crippen LogP contribution in [-0.4, -0.2) is 0 Å². The largest absolute Gasteiger partial charge is 0.339 e. The van der Waals surface area contributed by atoms with Gasteiger partial charge in [-0.15, -0.1) is 0 Å². The Hall–Kier alpha value is -1.76. The van der Waals surface area contributed by atoms with Crippen LogP contribution in [0.2, 0.25) is 0 Å². The predicted octanol–water partition coefficient (Wildman–Crippen LogP) is 5.11. The zero-order valence-electron chi connectivity index (χ0n) is 11.9. The Balaban J connectivity index is 2.30. The highest BCUT2D eigenvalue weighted by Gasteiger charge is 2.35. The molecule has 0 amide bonds. The number of fused-ring (bicyclic) bond motifs is 2. The average molecular weight is 250 g/mol. The molecule has 1 heteroatoms. The van der Waals surface area contributed by atoms with Gasteiger partial charge in [-0.25, -0.2) is 0 Å². The molecule has 0 saturated heterocycles. The fourth-order valence-corrected chi connectivity index (χ4v) is 3.19. The van der Waals surface area contributed by atoms with Gasteiger partial charge in [0.2, 0.25) is 0 Å². The van der Waals surface area contributed by atoms with E-state index in [1.54, 1.807) is 0 Å². The molecule has 0 bridgehead atoms. The first-order valence-corrected chi connectivity index (χ1v) is 6.78. The van der Waals surface area contributed by atoms with Crippen LogP contribution in [0.4, 0.5) is 11.4 Å². The van der Waals surface area contributed by atoms with Crippen molar-refractivity contribution in [3.63, 3.8) is 0 Å². The van der Waals surface area contributed by atoms with Gasteiger partial charge >= 0.3 is 0 Å². The molecular formula is C18H20N. The Morgan fingerprint density at radius 2 is 1.26 bits per heavy atom. The van der Waals surface area contributed by atoms with E-state index in [1.165, 1.54) is 22.5 Å². The lowest BCUT2D eigenvalue weighted by Gasteiger charge is -2.41. The molecule has 1 heterocycles. The molecule has 0 spiro atoms. The number of hydrogen-bond acceptors (Lipinski definition) is 1. The summed E-state index contributed by atoms with van der Waals surface area (Å²) in [5, 5.41) is 0. The first kappa shape index (κ1) is 12.3. The molecule has 2 aromatic carbocycles. The number of benzene rings is 2. The minimum atomic E-state index is 0.188. The Morgan fingerprint density at radius 3 is 1.68 bits per heavy atom. The monoisotopic (exact) mass is 250 g/mol. The van der Waals surface area contributed by atoms with Crippen molar-refractivity contribution in [2.24, 2.45) is 5.41 Å². The van der Waals surface area contributed by atoms with Crippen molar-refractivity contribution in [1.82, 2.24) is 0 Å². The average Bonchev–Trinajstić information content (AvgIpc) is 2.38. The maximum Gasteiger partial charge on any atom is 0.0450 e. The van der Waals surface area contributed by atoms with Gasteiger partial charge in [-0.05, 0) is 28.7 Å². The van der Waals surface area contributed by atoms with Gasteiger partial charge in [0.15, 0.2) is 0 Å². The van der Waals surface area contributed by atoms with Gasteiger partial charge in [0.25, 0.3) is 0 Å². The smallest absolute Gasteiger partial charge is 0.0450 e. The number of anilines is 2. The summed E-state index contributed by atoms with van der Waals surface area (Å²) in [6, 6.07) is 17.2.